The van der Waals surface area contributed by atoms with Crippen LogP contribution in [0.5, 0.6) is 5.75 Å². The number of rotatable bonds is 5. The Morgan fingerprint density at radius 3 is 2.43 bits per heavy atom. The van der Waals surface area contributed by atoms with Gasteiger partial charge in [-0.05, 0) is 23.8 Å². The number of halogens is 1. The van der Waals surface area contributed by atoms with Crippen molar-refractivity contribution in [1.82, 2.24) is 0 Å². The SMILES string of the molecule is NC(=O)c1ccc(COc2ccc([N+](=O)[O-])c(Cl)c2)cc1. The van der Waals surface area contributed by atoms with Crippen molar-refractivity contribution >= 4 is 23.2 Å². The summed E-state index contributed by atoms with van der Waals surface area (Å²) in [5.74, 6) is -0.0748. The van der Waals surface area contributed by atoms with E-state index in [9.17, 15) is 14.9 Å². The summed E-state index contributed by atoms with van der Waals surface area (Å²) >= 11 is 5.79. The maximum Gasteiger partial charge on any atom is 0.288 e. The van der Waals surface area contributed by atoms with Crippen molar-refractivity contribution in [2.45, 2.75) is 6.61 Å². The van der Waals surface area contributed by atoms with Crippen LogP contribution in [-0.2, 0) is 6.61 Å². The number of carbonyl (C=O) groups is 1. The Hall–Kier alpha value is -2.60. The van der Waals surface area contributed by atoms with Crippen molar-refractivity contribution in [2.75, 3.05) is 0 Å². The lowest BCUT2D eigenvalue weighted by molar-refractivity contribution is -0.384. The predicted octanol–water partition coefficient (Wildman–Crippen LogP) is 2.93. The summed E-state index contributed by atoms with van der Waals surface area (Å²) in [5, 5.41) is 10.7. The number of hydrogen-bond acceptors (Lipinski definition) is 4. The molecule has 21 heavy (non-hydrogen) atoms. The smallest absolute Gasteiger partial charge is 0.288 e. The van der Waals surface area contributed by atoms with E-state index in [1.807, 2.05) is 0 Å². The molecule has 6 nitrogen and oxygen atoms in total. The number of primary amides is 1. The van der Waals surface area contributed by atoms with Gasteiger partial charge >= 0.3 is 0 Å². The highest BCUT2D eigenvalue weighted by molar-refractivity contribution is 6.32. The molecule has 0 aliphatic carbocycles. The Kier molecular flexibility index (Phi) is 4.39. The molecule has 0 aliphatic heterocycles. The van der Waals surface area contributed by atoms with Crippen LogP contribution in [0.15, 0.2) is 42.5 Å². The summed E-state index contributed by atoms with van der Waals surface area (Å²) in [6.45, 7) is 0.243. The van der Waals surface area contributed by atoms with E-state index in [-0.39, 0.29) is 17.3 Å². The molecule has 0 fully saturated rings. The number of amides is 1. The Morgan fingerprint density at radius 1 is 1.24 bits per heavy atom. The van der Waals surface area contributed by atoms with E-state index in [1.165, 1.54) is 18.2 Å². The van der Waals surface area contributed by atoms with Crippen LogP contribution in [0.1, 0.15) is 15.9 Å². The van der Waals surface area contributed by atoms with Gasteiger partial charge < -0.3 is 10.5 Å². The van der Waals surface area contributed by atoms with E-state index in [0.717, 1.165) is 5.56 Å². The summed E-state index contributed by atoms with van der Waals surface area (Å²) in [6.07, 6.45) is 0. The Morgan fingerprint density at radius 2 is 1.90 bits per heavy atom. The summed E-state index contributed by atoms with van der Waals surface area (Å²) < 4.78 is 5.48. The fourth-order valence-electron chi connectivity index (χ4n) is 1.66. The van der Waals surface area contributed by atoms with Crippen LogP contribution in [0, 0.1) is 10.1 Å². The van der Waals surface area contributed by atoms with Crippen LogP contribution in [-0.4, -0.2) is 10.8 Å². The summed E-state index contributed by atoms with van der Waals surface area (Å²) in [4.78, 5) is 21.0. The standard InChI is InChI=1S/C14H11ClN2O4/c15-12-7-11(5-6-13(12)17(19)20)21-8-9-1-3-10(4-2-9)14(16)18/h1-7H,8H2,(H2,16,18). The highest BCUT2D eigenvalue weighted by Gasteiger charge is 2.12. The topological polar surface area (TPSA) is 95.5 Å². The minimum Gasteiger partial charge on any atom is -0.489 e. The highest BCUT2D eigenvalue weighted by Crippen LogP contribution is 2.28. The van der Waals surface area contributed by atoms with E-state index in [4.69, 9.17) is 22.1 Å². The van der Waals surface area contributed by atoms with Crippen LogP contribution >= 0.6 is 11.6 Å². The van der Waals surface area contributed by atoms with Crippen LogP contribution in [0.3, 0.4) is 0 Å². The zero-order valence-corrected chi connectivity index (χ0v) is 11.5. The van der Waals surface area contributed by atoms with E-state index in [2.05, 4.69) is 0 Å². The van der Waals surface area contributed by atoms with Crippen molar-refractivity contribution in [2.24, 2.45) is 5.73 Å². The van der Waals surface area contributed by atoms with E-state index >= 15 is 0 Å². The molecule has 0 saturated heterocycles. The van der Waals surface area contributed by atoms with Gasteiger partial charge in [0.15, 0.2) is 0 Å². The fourth-order valence-corrected chi connectivity index (χ4v) is 1.90. The molecular formula is C14H11ClN2O4. The fraction of sp³-hybridized carbons (Fsp3) is 0.0714. The Balaban J connectivity index is 2.04. The maximum atomic E-state index is 10.9. The molecule has 0 aliphatic rings. The third-order valence-electron chi connectivity index (χ3n) is 2.76. The molecule has 0 spiro atoms. The second-order valence-electron chi connectivity index (χ2n) is 4.22. The second kappa shape index (κ2) is 6.23. The summed E-state index contributed by atoms with van der Waals surface area (Å²) in [7, 11) is 0. The van der Waals surface area contributed by atoms with Crippen molar-refractivity contribution < 1.29 is 14.5 Å². The highest BCUT2D eigenvalue weighted by atomic mass is 35.5. The van der Waals surface area contributed by atoms with Gasteiger partial charge in [-0.15, -0.1) is 0 Å². The quantitative estimate of drug-likeness (QED) is 0.678. The van der Waals surface area contributed by atoms with Crippen molar-refractivity contribution in [3.63, 3.8) is 0 Å². The van der Waals surface area contributed by atoms with Crippen molar-refractivity contribution in [1.29, 1.82) is 0 Å². The molecule has 2 rings (SSSR count). The first-order chi connectivity index (χ1) is 9.97. The Labute approximate surface area is 125 Å². The largest absolute Gasteiger partial charge is 0.489 e. The zero-order chi connectivity index (χ0) is 15.4. The average Bonchev–Trinajstić information content (AvgIpc) is 2.45. The summed E-state index contributed by atoms with van der Waals surface area (Å²) in [6, 6.07) is 10.8. The lowest BCUT2D eigenvalue weighted by atomic mass is 10.1. The van der Waals surface area contributed by atoms with Gasteiger partial charge in [-0.3, -0.25) is 14.9 Å². The molecule has 0 atom stereocenters. The predicted molar refractivity (Wildman–Crippen MR) is 77.4 cm³/mol. The Bertz CT molecular complexity index is 686. The molecule has 108 valence electrons. The van der Waals surface area contributed by atoms with E-state index in [1.54, 1.807) is 24.3 Å². The number of nitrogens with two attached hydrogens (primary N) is 1. The first-order valence-corrected chi connectivity index (χ1v) is 6.30. The molecule has 0 unspecified atom stereocenters. The number of carbonyl (C=O) groups excluding carboxylic acids is 1. The number of benzene rings is 2. The minimum atomic E-state index is -0.561. The third-order valence-corrected chi connectivity index (χ3v) is 3.06. The monoisotopic (exact) mass is 306 g/mol. The van der Waals surface area contributed by atoms with Gasteiger partial charge in [0.05, 0.1) is 4.92 Å². The van der Waals surface area contributed by atoms with Gasteiger partial charge in [0, 0.05) is 17.7 Å². The molecule has 1 amide bonds. The molecule has 0 bridgehead atoms. The van der Waals surface area contributed by atoms with Gasteiger partial charge in [-0.25, -0.2) is 0 Å². The molecule has 0 aromatic heterocycles. The molecule has 0 saturated carbocycles. The molecule has 7 heteroatoms. The van der Waals surface area contributed by atoms with Gasteiger partial charge in [-0.1, -0.05) is 23.7 Å². The maximum absolute atomic E-state index is 10.9. The first-order valence-electron chi connectivity index (χ1n) is 5.93. The normalized spacial score (nSPS) is 10.1. The first kappa shape index (κ1) is 14.8. The zero-order valence-electron chi connectivity index (χ0n) is 10.8. The third kappa shape index (κ3) is 3.70. The molecule has 0 heterocycles. The lowest BCUT2D eigenvalue weighted by Crippen LogP contribution is -2.10. The van der Waals surface area contributed by atoms with Crippen molar-refractivity contribution in [3.05, 3.63) is 68.7 Å². The number of ether oxygens (including phenoxy) is 1. The molecule has 0 radical (unpaired) electrons. The van der Waals surface area contributed by atoms with E-state index < -0.39 is 10.8 Å². The number of nitrogens with zero attached hydrogens (tertiary/aromatic N) is 1. The van der Waals surface area contributed by atoms with Gasteiger partial charge in [0.2, 0.25) is 5.91 Å². The van der Waals surface area contributed by atoms with Crippen LogP contribution in [0.4, 0.5) is 5.69 Å². The lowest BCUT2D eigenvalue weighted by Gasteiger charge is -2.07. The molecule has 2 aromatic rings. The van der Waals surface area contributed by atoms with Gasteiger partial charge in [0.1, 0.15) is 17.4 Å². The number of hydrogen-bond donors (Lipinski definition) is 1. The average molecular weight is 307 g/mol. The van der Waals surface area contributed by atoms with E-state index in [0.29, 0.717) is 11.3 Å². The van der Waals surface area contributed by atoms with Crippen LogP contribution < -0.4 is 10.5 Å². The minimum absolute atomic E-state index is 0.0153. The van der Waals surface area contributed by atoms with Gasteiger partial charge in [0.25, 0.3) is 5.69 Å². The van der Waals surface area contributed by atoms with Gasteiger partial charge in [-0.2, -0.15) is 0 Å². The van der Waals surface area contributed by atoms with Crippen LogP contribution in [0.2, 0.25) is 5.02 Å². The molecule has 2 N–H and O–H groups in total. The molecule has 2 aromatic carbocycles. The number of nitro benzene ring substituents is 1. The summed E-state index contributed by atoms with van der Waals surface area (Å²) in [5.41, 5.74) is 6.21. The number of nitro groups is 1. The second-order valence-corrected chi connectivity index (χ2v) is 4.63. The van der Waals surface area contributed by atoms with Crippen molar-refractivity contribution in [3.8, 4) is 5.75 Å². The van der Waals surface area contributed by atoms with Crippen LogP contribution in [0.25, 0.3) is 0 Å². The molecular weight excluding hydrogens is 296 g/mol.